The quantitative estimate of drug-likeness (QED) is 0.360. The second kappa shape index (κ2) is 5.39. The van der Waals surface area contributed by atoms with E-state index in [1.54, 1.807) is 18.2 Å². The molecule has 0 radical (unpaired) electrons. The van der Waals surface area contributed by atoms with E-state index in [9.17, 15) is 4.79 Å². The Kier molecular flexibility index (Phi) is 3.66. The third-order valence-electron chi connectivity index (χ3n) is 1.89. The van der Waals surface area contributed by atoms with Crippen molar-refractivity contribution in [1.29, 1.82) is 5.26 Å². The van der Waals surface area contributed by atoms with Crippen LogP contribution in [0.15, 0.2) is 29.2 Å². The molecule has 0 amide bonds. The predicted octanol–water partition coefficient (Wildman–Crippen LogP) is 1.02. The Hall–Kier alpha value is -1.96. The molecule has 0 aliphatic carbocycles. The molecule has 86 valence electrons. The van der Waals surface area contributed by atoms with E-state index in [1.807, 2.05) is 4.97 Å². The SMILES string of the molecule is N#C[Se]/C=C\C(=O)Oc1ccc2c(c1)OCO2. The Morgan fingerprint density at radius 3 is 3.12 bits per heavy atom. The van der Waals surface area contributed by atoms with Crippen molar-refractivity contribution < 1.29 is 19.0 Å². The van der Waals surface area contributed by atoms with Crippen LogP contribution in [0.1, 0.15) is 0 Å². The summed E-state index contributed by atoms with van der Waals surface area (Å²) in [6.07, 6.45) is 1.24. The van der Waals surface area contributed by atoms with Crippen molar-refractivity contribution in [2.45, 2.75) is 0 Å². The molecule has 0 saturated heterocycles. The average molecular weight is 296 g/mol. The van der Waals surface area contributed by atoms with Gasteiger partial charge in [0.1, 0.15) is 0 Å². The van der Waals surface area contributed by atoms with Crippen LogP contribution in [0.25, 0.3) is 0 Å². The molecule has 0 atom stereocenters. The fraction of sp³-hybridized carbons (Fsp3) is 0.0909. The van der Waals surface area contributed by atoms with E-state index in [0.717, 1.165) is 0 Å². The second-order valence-corrected chi connectivity index (χ2v) is 4.40. The molecule has 0 N–H and O–H groups in total. The van der Waals surface area contributed by atoms with Crippen LogP contribution in [0.5, 0.6) is 17.2 Å². The summed E-state index contributed by atoms with van der Waals surface area (Å²) in [6, 6.07) is 4.88. The van der Waals surface area contributed by atoms with Gasteiger partial charge in [-0.05, 0) is 0 Å². The van der Waals surface area contributed by atoms with Gasteiger partial charge in [0.25, 0.3) is 0 Å². The number of nitriles is 1. The summed E-state index contributed by atoms with van der Waals surface area (Å²) in [5, 5.41) is 8.32. The summed E-state index contributed by atoms with van der Waals surface area (Å²) in [6.45, 7) is 0.178. The number of hydrogen-bond donors (Lipinski definition) is 0. The first kappa shape index (κ1) is 11.5. The van der Waals surface area contributed by atoms with Crippen LogP contribution in [0.4, 0.5) is 0 Å². The molecule has 0 bridgehead atoms. The van der Waals surface area contributed by atoms with Gasteiger partial charge in [-0.15, -0.1) is 0 Å². The summed E-state index contributed by atoms with van der Waals surface area (Å²) in [4.78, 5) is 14.8. The van der Waals surface area contributed by atoms with E-state index in [4.69, 9.17) is 19.5 Å². The van der Waals surface area contributed by atoms with E-state index in [2.05, 4.69) is 0 Å². The summed E-state index contributed by atoms with van der Waals surface area (Å²) in [5.74, 6) is 1.06. The molecular weight excluding hydrogens is 289 g/mol. The van der Waals surface area contributed by atoms with Crippen LogP contribution in [0.3, 0.4) is 0 Å². The van der Waals surface area contributed by atoms with Crippen molar-refractivity contribution >= 4 is 20.9 Å². The topological polar surface area (TPSA) is 68.6 Å². The molecule has 1 aromatic carbocycles. The van der Waals surface area contributed by atoms with Gasteiger partial charge < -0.3 is 0 Å². The molecule has 0 fully saturated rings. The molecule has 5 nitrogen and oxygen atoms in total. The minimum atomic E-state index is -0.513. The monoisotopic (exact) mass is 297 g/mol. The maximum absolute atomic E-state index is 11.3. The number of esters is 1. The zero-order chi connectivity index (χ0) is 12.1. The number of fused-ring (bicyclic) bond motifs is 1. The number of carbonyl (C=O) groups excluding carboxylic acids is 1. The van der Waals surface area contributed by atoms with E-state index < -0.39 is 5.97 Å². The van der Waals surface area contributed by atoms with E-state index in [1.165, 1.54) is 11.1 Å². The fourth-order valence-corrected chi connectivity index (χ4v) is 1.71. The maximum atomic E-state index is 11.3. The fourth-order valence-electron chi connectivity index (χ4n) is 1.21. The minimum absolute atomic E-state index is 0.178. The van der Waals surface area contributed by atoms with E-state index >= 15 is 0 Å². The number of hydrogen-bond acceptors (Lipinski definition) is 5. The van der Waals surface area contributed by atoms with Crippen molar-refractivity contribution in [1.82, 2.24) is 0 Å². The molecule has 1 aromatic rings. The molecule has 2 rings (SSSR count). The molecule has 17 heavy (non-hydrogen) atoms. The van der Waals surface area contributed by atoms with E-state index in [0.29, 0.717) is 17.2 Å². The summed E-state index contributed by atoms with van der Waals surface area (Å²) < 4.78 is 15.3. The molecule has 0 spiro atoms. The third-order valence-corrected chi connectivity index (χ3v) is 2.68. The molecule has 1 heterocycles. The number of ether oxygens (including phenoxy) is 3. The van der Waals surface area contributed by atoms with E-state index in [-0.39, 0.29) is 21.7 Å². The van der Waals surface area contributed by atoms with Crippen LogP contribution in [-0.2, 0) is 4.79 Å². The van der Waals surface area contributed by atoms with Crippen LogP contribution < -0.4 is 14.2 Å². The van der Waals surface area contributed by atoms with Crippen molar-refractivity contribution in [2.75, 3.05) is 6.79 Å². The van der Waals surface area contributed by atoms with Gasteiger partial charge in [-0.25, -0.2) is 0 Å². The van der Waals surface area contributed by atoms with Crippen LogP contribution in [0, 0.1) is 10.2 Å². The van der Waals surface area contributed by atoms with Gasteiger partial charge in [-0.2, -0.15) is 0 Å². The molecular formula is C11H7NO4Se. The first-order valence-electron chi connectivity index (χ1n) is 4.62. The van der Waals surface area contributed by atoms with Crippen LogP contribution in [0.2, 0.25) is 0 Å². The molecule has 0 unspecified atom stereocenters. The molecule has 1 aliphatic heterocycles. The first-order chi connectivity index (χ1) is 8.29. The van der Waals surface area contributed by atoms with Gasteiger partial charge in [0.15, 0.2) is 0 Å². The van der Waals surface area contributed by atoms with Crippen molar-refractivity contribution in [3.05, 3.63) is 29.2 Å². The zero-order valence-corrected chi connectivity index (χ0v) is 10.3. The summed E-state index contributed by atoms with van der Waals surface area (Å²) in [5.41, 5.74) is 0. The van der Waals surface area contributed by atoms with Gasteiger partial charge in [-0.3, -0.25) is 0 Å². The molecule has 1 aliphatic rings. The Labute approximate surface area is 104 Å². The Morgan fingerprint density at radius 1 is 1.47 bits per heavy atom. The van der Waals surface area contributed by atoms with Crippen molar-refractivity contribution in [3.63, 3.8) is 0 Å². The van der Waals surface area contributed by atoms with Crippen molar-refractivity contribution in [2.24, 2.45) is 0 Å². The Morgan fingerprint density at radius 2 is 2.29 bits per heavy atom. The average Bonchev–Trinajstić information content (AvgIpc) is 2.76. The summed E-state index contributed by atoms with van der Waals surface area (Å²) >= 11 is -0.325. The van der Waals surface area contributed by atoms with Crippen LogP contribution in [-0.4, -0.2) is 27.7 Å². The standard InChI is InChI=1S/C11H7NO4Se/c12-6-17-4-3-11(13)16-8-1-2-9-10(5-8)15-7-14-9/h1-5H,7H2/b4-3-. The normalized spacial score (nSPS) is 12.4. The number of benzene rings is 1. The molecule has 0 saturated carbocycles. The number of carbonyl (C=O) groups is 1. The Bertz CT molecular complexity index is 507. The van der Waals surface area contributed by atoms with Crippen molar-refractivity contribution in [3.8, 4) is 22.2 Å². The van der Waals surface area contributed by atoms with Gasteiger partial charge in [0, 0.05) is 0 Å². The molecule has 0 aromatic heterocycles. The van der Waals surface area contributed by atoms with Gasteiger partial charge in [-0.1, -0.05) is 0 Å². The second-order valence-electron chi connectivity index (χ2n) is 2.95. The van der Waals surface area contributed by atoms with Crippen LogP contribution >= 0.6 is 0 Å². The van der Waals surface area contributed by atoms with Gasteiger partial charge in [0.05, 0.1) is 0 Å². The summed E-state index contributed by atoms with van der Waals surface area (Å²) in [7, 11) is 0. The first-order valence-corrected chi connectivity index (χ1v) is 6.47. The number of nitrogens with zero attached hydrogens (tertiary/aromatic N) is 1. The number of rotatable bonds is 3. The molecule has 6 heteroatoms. The Balaban J connectivity index is 2.00. The van der Waals surface area contributed by atoms with Gasteiger partial charge in [0.2, 0.25) is 0 Å². The predicted molar refractivity (Wildman–Crippen MR) is 58.7 cm³/mol. The zero-order valence-electron chi connectivity index (χ0n) is 8.58. The third kappa shape index (κ3) is 3.00. The van der Waals surface area contributed by atoms with Gasteiger partial charge >= 0.3 is 103 Å².